The summed E-state index contributed by atoms with van der Waals surface area (Å²) in [6, 6.07) is 4.61. The number of carbonyl (C=O) groups is 1. The average Bonchev–Trinajstić information content (AvgIpc) is 2.21. The van der Waals surface area contributed by atoms with E-state index in [1.807, 2.05) is 6.92 Å². The maximum atomic E-state index is 11.2. The third-order valence-corrected chi connectivity index (χ3v) is 2.27. The van der Waals surface area contributed by atoms with Crippen LogP contribution in [0.15, 0.2) is 18.2 Å². The monoisotopic (exact) mass is 223 g/mol. The normalized spacial score (nSPS) is 12.2. The largest absolute Gasteiger partial charge is 0.508 e. The van der Waals surface area contributed by atoms with Gasteiger partial charge in [0, 0.05) is 11.6 Å². The van der Waals surface area contributed by atoms with E-state index in [0.29, 0.717) is 12.2 Å². The van der Waals surface area contributed by atoms with E-state index in [2.05, 4.69) is 0 Å². The highest BCUT2D eigenvalue weighted by Gasteiger charge is 2.15. The van der Waals surface area contributed by atoms with Gasteiger partial charge in [0.1, 0.15) is 5.75 Å². The second-order valence-corrected chi connectivity index (χ2v) is 3.68. The van der Waals surface area contributed by atoms with Gasteiger partial charge in [0.25, 0.3) is 0 Å². The second kappa shape index (κ2) is 5.51. The summed E-state index contributed by atoms with van der Waals surface area (Å²) in [5, 5.41) is 9.62. The lowest BCUT2D eigenvalue weighted by Crippen LogP contribution is -2.17. The van der Waals surface area contributed by atoms with Crippen molar-refractivity contribution in [2.45, 2.75) is 26.3 Å². The molecule has 0 saturated carbocycles. The summed E-state index contributed by atoms with van der Waals surface area (Å²) in [5.41, 5.74) is 7.40. The van der Waals surface area contributed by atoms with Crippen molar-refractivity contribution in [1.29, 1.82) is 0 Å². The Bertz CT molecular complexity index is 377. The molecule has 88 valence electrons. The standard InChI is InChI=1S/C12H17NO3/c1-3-16-12(15)7-10(13)9-6-8(2)4-5-11(9)14/h4-6,10,14H,3,7,13H2,1-2H3/t10-/m1/s1. The molecular weight excluding hydrogens is 206 g/mol. The van der Waals surface area contributed by atoms with E-state index >= 15 is 0 Å². The number of carbonyl (C=O) groups excluding carboxylic acids is 1. The zero-order chi connectivity index (χ0) is 12.1. The van der Waals surface area contributed by atoms with Crippen molar-refractivity contribution in [2.75, 3.05) is 6.61 Å². The molecule has 0 aliphatic rings. The summed E-state index contributed by atoms with van der Waals surface area (Å²) < 4.78 is 4.80. The Labute approximate surface area is 95.0 Å². The van der Waals surface area contributed by atoms with Gasteiger partial charge >= 0.3 is 5.97 Å². The van der Waals surface area contributed by atoms with E-state index in [4.69, 9.17) is 10.5 Å². The third-order valence-electron chi connectivity index (χ3n) is 2.27. The molecule has 16 heavy (non-hydrogen) atoms. The number of benzene rings is 1. The molecule has 4 heteroatoms. The van der Waals surface area contributed by atoms with Gasteiger partial charge in [-0.3, -0.25) is 4.79 Å². The van der Waals surface area contributed by atoms with Gasteiger partial charge in [-0.1, -0.05) is 17.7 Å². The molecule has 0 bridgehead atoms. The number of phenolic OH excluding ortho intramolecular Hbond substituents is 1. The minimum Gasteiger partial charge on any atom is -0.508 e. The molecule has 0 aromatic heterocycles. The lowest BCUT2D eigenvalue weighted by molar-refractivity contribution is -0.143. The SMILES string of the molecule is CCOC(=O)C[C@@H](N)c1cc(C)ccc1O. The van der Waals surface area contributed by atoms with Crippen molar-refractivity contribution in [1.82, 2.24) is 0 Å². The van der Waals surface area contributed by atoms with Gasteiger partial charge in [0.2, 0.25) is 0 Å². The molecule has 0 aliphatic heterocycles. The summed E-state index contributed by atoms with van der Waals surface area (Å²) in [6.07, 6.45) is 0.0743. The third kappa shape index (κ3) is 3.24. The molecule has 0 aliphatic carbocycles. The van der Waals surface area contributed by atoms with E-state index in [9.17, 15) is 9.90 Å². The zero-order valence-corrected chi connectivity index (χ0v) is 9.56. The first-order valence-electron chi connectivity index (χ1n) is 5.25. The predicted octanol–water partition coefficient (Wildman–Crippen LogP) is 1.65. The van der Waals surface area contributed by atoms with E-state index in [-0.39, 0.29) is 18.1 Å². The van der Waals surface area contributed by atoms with Crippen LogP contribution in [0.4, 0.5) is 0 Å². The predicted molar refractivity (Wildman–Crippen MR) is 61.0 cm³/mol. The molecule has 4 nitrogen and oxygen atoms in total. The fourth-order valence-electron chi connectivity index (χ4n) is 1.48. The number of hydrogen-bond donors (Lipinski definition) is 2. The van der Waals surface area contributed by atoms with Gasteiger partial charge in [-0.25, -0.2) is 0 Å². The molecule has 0 radical (unpaired) electrons. The van der Waals surface area contributed by atoms with Crippen molar-refractivity contribution < 1.29 is 14.6 Å². The Hall–Kier alpha value is -1.55. The molecular formula is C12H17NO3. The number of hydrogen-bond acceptors (Lipinski definition) is 4. The number of aryl methyl sites for hydroxylation is 1. The van der Waals surface area contributed by atoms with Crippen LogP contribution in [0.1, 0.15) is 30.5 Å². The highest BCUT2D eigenvalue weighted by molar-refractivity contribution is 5.70. The van der Waals surface area contributed by atoms with E-state index in [1.54, 1.807) is 25.1 Å². The molecule has 0 heterocycles. The fourth-order valence-corrected chi connectivity index (χ4v) is 1.48. The maximum absolute atomic E-state index is 11.2. The van der Waals surface area contributed by atoms with E-state index in [0.717, 1.165) is 5.56 Å². The minimum absolute atomic E-state index is 0.0743. The van der Waals surface area contributed by atoms with E-state index in [1.165, 1.54) is 0 Å². The Morgan fingerprint density at radius 1 is 1.56 bits per heavy atom. The van der Waals surface area contributed by atoms with Gasteiger partial charge in [0.05, 0.1) is 13.0 Å². The van der Waals surface area contributed by atoms with Crippen LogP contribution >= 0.6 is 0 Å². The minimum atomic E-state index is -0.529. The maximum Gasteiger partial charge on any atom is 0.307 e. The van der Waals surface area contributed by atoms with Gasteiger partial charge in [0.15, 0.2) is 0 Å². The molecule has 0 spiro atoms. The molecule has 0 fully saturated rings. The molecule has 1 atom stereocenters. The Balaban J connectivity index is 2.76. The second-order valence-electron chi connectivity index (χ2n) is 3.68. The number of nitrogens with two attached hydrogens (primary N) is 1. The van der Waals surface area contributed by atoms with Crippen LogP contribution in [0.3, 0.4) is 0 Å². The molecule has 1 rings (SSSR count). The lowest BCUT2D eigenvalue weighted by atomic mass is 10.0. The molecule has 3 N–H and O–H groups in total. The number of phenols is 1. The molecule has 0 amide bonds. The van der Waals surface area contributed by atoms with Crippen LogP contribution in [-0.2, 0) is 9.53 Å². The number of esters is 1. The highest BCUT2D eigenvalue weighted by atomic mass is 16.5. The van der Waals surface area contributed by atoms with Gasteiger partial charge in [-0.15, -0.1) is 0 Å². The van der Waals surface area contributed by atoms with Crippen molar-refractivity contribution in [3.8, 4) is 5.75 Å². The molecule has 0 saturated heterocycles. The first-order valence-corrected chi connectivity index (χ1v) is 5.25. The van der Waals surface area contributed by atoms with Crippen LogP contribution in [0.25, 0.3) is 0 Å². The van der Waals surface area contributed by atoms with Crippen molar-refractivity contribution in [2.24, 2.45) is 5.73 Å². The van der Waals surface area contributed by atoms with E-state index < -0.39 is 6.04 Å². The topological polar surface area (TPSA) is 72.5 Å². The molecule has 1 aromatic carbocycles. The number of aromatic hydroxyl groups is 1. The molecule has 0 unspecified atom stereocenters. The van der Waals surface area contributed by atoms with Crippen LogP contribution in [0, 0.1) is 6.92 Å². The first-order chi connectivity index (χ1) is 7.54. The number of rotatable bonds is 4. The Morgan fingerprint density at radius 3 is 2.88 bits per heavy atom. The quantitative estimate of drug-likeness (QED) is 0.761. The van der Waals surface area contributed by atoms with Crippen molar-refractivity contribution in [3.63, 3.8) is 0 Å². The smallest absolute Gasteiger partial charge is 0.307 e. The Morgan fingerprint density at radius 2 is 2.25 bits per heavy atom. The zero-order valence-electron chi connectivity index (χ0n) is 9.56. The molecule has 1 aromatic rings. The van der Waals surface area contributed by atoms with Gasteiger partial charge in [-0.05, 0) is 19.9 Å². The summed E-state index contributed by atoms with van der Waals surface area (Å²) in [5.74, 6) is -0.238. The van der Waals surface area contributed by atoms with Crippen LogP contribution in [-0.4, -0.2) is 17.7 Å². The summed E-state index contributed by atoms with van der Waals surface area (Å²) in [7, 11) is 0. The van der Waals surface area contributed by atoms with Gasteiger partial charge < -0.3 is 15.6 Å². The first kappa shape index (κ1) is 12.5. The summed E-state index contributed by atoms with van der Waals surface area (Å²) in [6.45, 7) is 3.99. The van der Waals surface area contributed by atoms with Crippen LogP contribution < -0.4 is 5.73 Å². The van der Waals surface area contributed by atoms with Gasteiger partial charge in [-0.2, -0.15) is 0 Å². The summed E-state index contributed by atoms with van der Waals surface area (Å²) >= 11 is 0. The van der Waals surface area contributed by atoms with Crippen LogP contribution in [0.2, 0.25) is 0 Å². The van der Waals surface area contributed by atoms with Crippen molar-refractivity contribution in [3.05, 3.63) is 29.3 Å². The van der Waals surface area contributed by atoms with Crippen LogP contribution in [0.5, 0.6) is 5.75 Å². The van der Waals surface area contributed by atoms with Crippen molar-refractivity contribution >= 4 is 5.97 Å². The Kier molecular flexibility index (Phi) is 4.31. The lowest BCUT2D eigenvalue weighted by Gasteiger charge is -2.13. The summed E-state index contributed by atoms with van der Waals surface area (Å²) in [4.78, 5) is 11.2. The number of ether oxygens (including phenoxy) is 1. The fraction of sp³-hybridized carbons (Fsp3) is 0.417. The average molecular weight is 223 g/mol. The highest BCUT2D eigenvalue weighted by Crippen LogP contribution is 2.25.